The minimum Gasteiger partial charge on any atom is -0.370 e. The Hall–Kier alpha value is -1.37. The van der Waals surface area contributed by atoms with Gasteiger partial charge in [0.05, 0.1) is 32.0 Å². The van der Waals surface area contributed by atoms with Crippen LogP contribution in [0.25, 0.3) is 0 Å². The zero-order valence-electron chi connectivity index (χ0n) is 12.8. The van der Waals surface area contributed by atoms with Crippen LogP contribution in [0.15, 0.2) is 18.2 Å². The number of hydrogen-bond acceptors (Lipinski definition) is 3. The number of morpholine rings is 1. The highest BCUT2D eigenvalue weighted by Crippen LogP contribution is 2.12. The summed E-state index contributed by atoms with van der Waals surface area (Å²) in [5.74, 6) is 0. The number of nitrogens with one attached hydrogen (secondary N) is 4. The van der Waals surface area contributed by atoms with Gasteiger partial charge in [-0.25, -0.2) is 0 Å². The van der Waals surface area contributed by atoms with Crippen molar-refractivity contribution in [3.63, 3.8) is 0 Å². The van der Waals surface area contributed by atoms with Gasteiger partial charge in [-0.15, -0.1) is 0 Å². The summed E-state index contributed by atoms with van der Waals surface area (Å²) >= 11 is 5.27. The predicted octanol–water partition coefficient (Wildman–Crippen LogP) is 0.00954. The molecule has 1 aliphatic rings. The molecule has 4 N–H and O–H groups in total. The van der Waals surface area contributed by atoms with Crippen molar-refractivity contribution in [2.24, 2.45) is 0 Å². The van der Waals surface area contributed by atoms with Gasteiger partial charge >= 0.3 is 0 Å². The van der Waals surface area contributed by atoms with Crippen molar-refractivity contribution in [3.05, 3.63) is 29.3 Å². The Morgan fingerprint density at radius 2 is 1.86 bits per heavy atom. The number of hydrazine groups is 1. The molecule has 0 bridgehead atoms. The smallest absolute Gasteiger partial charge is 0.185 e. The predicted molar refractivity (Wildman–Crippen MR) is 89.7 cm³/mol. The third-order valence-electron chi connectivity index (χ3n) is 3.51. The molecular weight excluding hydrogens is 284 g/mol. The Kier molecular flexibility index (Phi) is 6.22. The number of ether oxygens (including phenoxy) is 1. The lowest BCUT2D eigenvalue weighted by atomic mass is 10.1. The molecule has 0 spiro atoms. The molecule has 1 saturated heterocycles. The van der Waals surface area contributed by atoms with Crippen LogP contribution in [0.3, 0.4) is 0 Å². The minimum absolute atomic E-state index is 0.627. The normalized spacial score (nSPS) is 15.5. The number of rotatable bonds is 5. The van der Waals surface area contributed by atoms with E-state index in [9.17, 15) is 0 Å². The van der Waals surface area contributed by atoms with Crippen LogP contribution in [-0.2, 0) is 4.74 Å². The summed E-state index contributed by atoms with van der Waals surface area (Å²) in [4.78, 5) is 1.57. The molecule has 0 atom stereocenters. The summed E-state index contributed by atoms with van der Waals surface area (Å²) in [6.07, 6.45) is 0. The highest BCUT2D eigenvalue weighted by Gasteiger charge is 2.12. The molecule has 1 aromatic carbocycles. The first-order valence-corrected chi connectivity index (χ1v) is 7.84. The Bertz CT molecular complexity index is 454. The van der Waals surface area contributed by atoms with E-state index in [0.717, 1.165) is 45.1 Å². The highest BCUT2D eigenvalue weighted by molar-refractivity contribution is 7.80. The molecule has 1 aliphatic heterocycles. The summed E-state index contributed by atoms with van der Waals surface area (Å²) < 4.78 is 5.34. The van der Waals surface area contributed by atoms with Crippen LogP contribution in [0, 0.1) is 13.8 Å². The Morgan fingerprint density at radius 1 is 1.19 bits per heavy atom. The summed E-state index contributed by atoms with van der Waals surface area (Å²) in [5.41, 5.74) is 9.65. The van der Waals surface area contributed by atoms with Crippen LogP contribution in [0.4, 0.5) is 5.69 Å². The van der Waals surface area contributed by atoms with E-state index in [4.69, 9.17) is 17.0 Å². The van der Waals surface area contributed by atoms with Gasteiger partial charge < -0.3 is 15.0 Å². The quantitative estimate of drug-likeness (QED) is 0.456. The van der Waals surface area contributed by atoms with Crippen LogP contribution in [0.1, 0.15) is 11.1 Å². The second kappa shape index (κ2) is 8.17. The monoisotopic (exact) mass is 309 g/mol. The Labute approximate surface area is 132 Å². The maximum Gasteiger partial charge on any atom is 0.185 e. The van der Waals surface area contributed by atoms with Crippen LogP contribution < -0.4 is 21.1 Å². The second-order valence-electron chi connectivity index (χ2n) is 5.49. The number of anilines is 1. The van der Waals surface area contributed by atoms with Crippen LogP contribution in [-0.4, -0.2) is 44.5 Å². The van der Waals surface area contributed by atoms with Crippen molar-refractivity contribution >= 4 is 23.0 Å². The summed E-state index contributed by atoms with van der Waals surface area (Å²) in [6.45, 7) is 10.0. The second-order valence-corrected chi connectivity index (χ2v) is 5.90. The van der Waals surface area contributed by atoms with Gasteiger partial charge in [0.2, 0.25) is 0 Å². The van der Waals surface area contributed by atoms with Crippen molar-refractivity contribution in [3.8, 4) is 0 Å². The first kappa shape index (κ1) is 16.0. The van der Waals surface area contributed by atoms with Gasteiger partial charge in [-0.3, -0.25) is 10.9 Å². The van der Waals surface area contributed by atoms with Crippen molar-refractivity contribution in [2.45, 2.75) is 13.8 Å². The zero-order valence-corrected chi connectivity index (χ0v) is 13.6. The molecule has 5 nitrogen and oxygen atoms in total. The maximum absolute atomic E-state index is 5.34. The van der Waals surface area contributed by atoms with Gasteiger partial charge in [-0.1, -0.05) is 6.07 Å². The van der Waals surface area contributed by atoms with Gasteiger partial charge in [0, 0.05) is 0 Å². The van der Waals surface area contributed by atoms with E-state index >= 15 is 0 Å². The lowest BCUT2D eigenvalue weighted by Crippen LogP contribution is -3.14. The van der Waals surface area contributed by atoms with Gasteiger partial charge in [0.15, 0.2) is 5.11 Å². The Morgan fingerprint density at radius 3 is 2.52 bits per heavy atom. The lowest BCUT2D eigenvalue weighted by Gasteiger charge is -2.24. The molecule has 0 aromatic heterocycles. The van der Waals surface area contributed by atoms with E-state index in [2.05, 4.69) is 48.2 Å². The highest BCUT2D eigenvalue weighted by atomic mass is 32.1. The molecule has 0 unspecified atom stereocenters. The molecule has 1 aromatic rings. The number of benzene rings is 1. The third-order valence-corrected chi connectivity index (χ3v) is 3.75. The maximum atomic E-state index is 5.34. The topological polar surface area (TPSA) is 49.8 Å². The van der Waals surface area contributed by atoms with E-state index in [1.807, 2.05) is 0 Å². The molecule has 6 heteroatoms. The molecule has 0 amide bonds. The molecule has 21 heavy (non-hydrogen) atoms. The summed E-state index contributed by atoms with van der Waals surface area (Å²) in [5, 5.41) is 3.85. The SMILES string of the molecule is Cc1cc(C)cc(NNC(=S)NCC[NH+]2CCOCC2)c1. The van der Waals surface area contributed by atoms with Crippen LogP contribution >= 0.6 is 12.2 Å². The lowest BCUT2D eigenvalue weighted by molar-refractivity contribution is -0.906. The number of hydrogen-bond donors (Lipinski definition) is 4. The third kappa shape index (κ3) is 5.87. The molecule has 1 heterocycles. The fourth-order valence-electron chi connectivity index (χ4n) is 2.48. The number of aryl methyl sites for hydroxylation is 2. The molecule has 116 valence electrons. The number of thiocarbonyl (C=S) groups is 1. The van der Waals surface area contributed by atoms with E-state index in [1.54, 1.807) is 4.90 Å². The van der Waals surface area contributed by atoms with Crippen molar-refractivity contribution in [2.75, 3.05) is 44.8 Å². The van der Waals surface area contributed by atoms with Gasteiger partial charge in [-0.2, -0.15) is 0 Å². The van der Waals surface area contributed by atoms with Crippen LogP contribution in [0.5, 0.6) is 0 Å². The van der Waals surface area contributed by atoms with Gasteiger partial charge in [0.1, 0.15) is 13.1 Å². The van der Waals surface area contributed by atoms with E-state index in [1.165, 1.54) is 11.1 Å². The molecule has 2 rings (SSSR count). The average Bonchev–Trinajstić information content (AvgIpc) is 2.45. The van der Waals surface area contributed by atoms with Crippen LogP contribution in [0.2, 0.25) is 0 Å². The fourth-order valence-corrected chi connectivity index (χ4v) is 2.64. The largest absolute Gasteiger partial charge is 0.370 e. The van der Waals surface area contributed by atoms with Gasteiger partial charge in [0.25, 0.3) is 0 Å². The van der Waals surface area contributed by atoms with Crippen molar-refractivity contribution in [1.82, 2.24) is 10.7 Å². The standard InChI is InChI=1S/C15H24N4OS/c1-12-9-13(2)11-14(10-12)17-18-15(21)16-3-4-19-5-7-20-8-6-19/h9-11,17H,3-8H2,1-2H3,(H2,16,18,21)/p+1. The Balaban J connectivity index is 1.65. The summed E-state index contributed by atoms with van der Waals surface area (Å²) in [6, 6.07) is 6.31. The molecular formula is C15H25N4OS+. The van der Waals surface area contributed by atoms with E-state index in [-0.39, 0.29) is 0 Å². The van der Waals surface area contributed by atoms with Crippen molar-refractivity contribution < 1.29 is 9.64 Å². The molecule has 0 saturated carbocycles. The first-order valence-electron chi connectivity index (χ1n) is 7.43. The molecule has 0 radical (unpaired) electrons. The first-order chi connectivity index (χ1) is 10.1. The number of quaternary nitrogens is 1. The minimum atomic E-state index is 0.627. The average molecular weight is 309 g/mol. The fraction of sp³-hybridized carbons (Fsp3) is 0.533. The van der Waals surface area contributed by atoms with E-state index < -0.39 is 0 Å². The molecule has 0 aliphatic carbocycles. The summed E-state index contributed by atoms with van der Waals surface area (Å²) in [7, 11) is 0. The van der Waals surface area contributed by atoms with E-state index in [0.29, 0.717) is 5.11 Å². The zero-order chi connectivity index (χ0) is 15.1. The molecule has 1 fully saturated rings. The van der Waals surface area contributed by atoms with Crippen molar-refractivity contribution in [1.29, 1.82) is 0 Å². The van der Waals surface area contributed by atoms with Gasteiger partial charge in [-0.05, 0) is 49.3 Å².